The molecule has 0 unspecified atom stereocenters. The predicted molar refractivity (Wildman–Crippen MR) is 95.1 cm³/mol. The summed E-state index contributed by atoms with van der Waals surface area (Å²) in [7, 11) is 1.56. The molecule has 0 saturated carbocycles. The molecule has 0 N–H and O–H groups in total. The van der Waals surface area contributed by atoms with E-state index in [0.29, 0.717) is 37.6 Å². The molecule has 2 aliphatic rings. The number of likely N-dealkylation sites (tertiary alicyclic amines) is 1. The zero-order valence-corrected chi connectivity index (χ0v) is 15.6. The monoisotopic (exact) mass is 376 g/mol. The van der Waals surface area contributed by atoms with E-state index in [1.165, 1.54) is 0 Å². The van der Waals surface area contributed by atoms with Crippen LogP contribution in [0.2, 0.25) is 0 Å². The molecule has 146 valence electrons. The summed E-state index contributed by atoms with van der Waals surface area (Å²) in [6, 6.07) is 6.34. The Balaban J connectivity index is 1.93. The fourth-order valence-corrected chi connectivity index (χ4v) is 3.56. The molecule has 0 bridgehead atoms. The standard InChI is InChI=1S/C19H24N2O6/c1-3-27-19(24)21-16(22)12-15(18(23)20-8-10-26-11-9-20)17(21)13-4-6-14(25-2)7-5-13/h4-7,15,17H,3,8-12H2,1-2H3/t15-,17+/m0/s1. The van der Waals surface area contributed by atoms with Gasteiger partial charge in [0, 0.05) is 19.5 Å². The summed E-state index contributed by atoms with van der Waals surface area (Å²) >= 11 is 0. The Kier molecular flexibility index (Phi) is 5.95. The molecule has 8 heteroatoms. The van der Waals surface area contributed by atoms with Crippen LogP contribution in [0.25, 0.3) is 0 Å². The molecule has 0 spiro atoms. The Bertz CT molecular complexity index is 699. The smallest absolute Gasteiger partial charge is 0.417 e. The molecule has 2 atom stereocenters. The molecular weight excluding hydrogens is 352 g/mol. The zero-order valence-electron chi connectivity index (χ0n) is 15.6. The topological polar surface area (TPSA) is 85.4 Å². The van der Waals surface area contributed by atoms with E-state index in [2.05, 4.69) is 0 Å². The van der Waals surface area contributed by atoms with Crippen molar-refractivity contribution in [2.24, 2.45) is 5.92 Å². The molecular formula is C19H24N2O6. The van der Waals surface area contributed by atoms with E-state index in [1.54, 1.807) is 43.2 Å². The molecule has 0 aliphatic carbocycles. The second-order valence-electron chi connectivity index (χ2n) is 6.43. The number of imide groups is 1. The van der Waals surface area contributed by atoms with E-state index >= 15 is 0 Å². The first kappa shape index (κ1) is 19.2. The van der Waals surface area contributed by atoms with Crippen LogP contribution in [0.15, 0.2) is 24.3 Å². The highest BCUT2D eigenvalue weighted by molar-refractivity contribution is 5.99. The van der Waals surface area contributed by atoms with Crippen LogP contribution in [0.3, 0.4) is 0 Å². The van der Waals surface area contributed by atoms with Crippen LogP contribution in [-0.4, -0.2) is 67.7 Å². The number of morpholine rings is 1. The highest BCUT2D eigenvalue weighted by atomic mass is 16.6. The van der Waals surface area contributed by atoms with Crippen molar-refractivity contribution < 1.29 is 28.6 Å². The first-order valence-electron chi connectivity index (χ1n) is 9.06. The number of carbonyl (C=O) groups is 3. The number of ether oxygens (including phenoxy) is 3. The molecule has 8 nitrogen and oxygen atoms in total. The van der Waals surface area contributed by atoms with E-state index in [1.807, 2.05) is 0 Å². The maximum Gasteiger partial charge on any atom is 0.417 e. The number of amides is 3. The quantitative estimate of drug-likeness (QED) is 0.794. The fraction of sp³-hybridized carbons (Fsp3) is 0.526. The third-order valence-electron chi connectivity index (χ3n) is 4.88. The van der Waals surface area contributed by atoms with Gasteiger partial charge < -0.3 is 19.1 Å². The summed E-state index contributed by atoms with van der Waals surface area (Å²) in [5.41, 5.74) is 0.696. The van der Waals surface area contributed by atoms with Crippen molar-refractivity contribution >= 4 is 17.9 Å². The van der Waals surface area contributed by atoms with Gasteiger partial charge in [-0.1, -0.05) is 12.1 Å². The van der Waals surface area contributed by atoms with Crippen LogP contribution in [0.1, 0.15) is 24.9 Å². The Morgan fingerprint density at radius 2 is 1.85 bits per heavy atom. The van der Waals surface area contributed by atoms with Gasteiger partial charge in [0.25, 0.3) is 0 Å². The summed E-state index contributed by atoms with van der Waals surface area (Å²) in [6.45, 7) is 3.75. The van der Waals surface area contributed by atoms with Crippen molar-refractivity contribution in [3.8, 4) is 5.75 Å². The van der Waals surface area contributed by atoms with Gasteiger partial charge in [-0.15, -0.1) is 0 Å². The minimum Gasteiger partial charge on any atom is -0.497 e. The van der Waals surface area contributed by atoms with Crippen LogP contribution < -0.4 is 4.74 Å². The Hall–Kier alpha value is -2.61. The van der Waals surface area contributed by atoms with Crippen molar-refractivity contribution in [2.45, 2.75) is 19.4 Å². The first-order chi connectivity index (χ1) is 13.1. The summed E-state index contributed by atoms with van der Waals surface area (Å²) in [4.78, 5) is 40.9. The average molecular weight is 376 g/mol. The summed E-state index contributed by atoms with van der Waals surface area (Å²) in [5, 5.41) is 0. The molecule has 2 fully saturated rings. The molecule has 2 heterocycles. The van der Waals surface area contributed by atoms with Crippen molar-refractivity contribution in [2.75, 3.05) is 40.0 Å². The van der Waals surface area contributed by atoms with Crippen molar-refractivity contribution in [3.05, 3.63) is 29.8 Å². The lowest BCUT2D eigenvalue weighted by atomic mass is 9.92. The molecule has 2 saturated heterocycles. The fourth-order valence-electron chi connectivity index (χ4n) is 3.56. The van der Waals surface area contributed by atoms with E-state index in [0.717, 1.165) is 4.90 Å². The molecule has 1 aromatic rings. The SMILES string of the molecule is CCOC(=O)N1C(=O)C[C@H](C(=O)N2CCOCC2)[C@H]1c1ccc(OC)cc1. The van der Waals surface area contributed by atoms with Gasteiger partial charge in [-0.05, 0) is 24.6 Å². The highest BCUT2D eigenvalue weighted by Gasteiger charge is 2.49. The summed E-state index contributed by atoms with van der Waals surface area (Å²) in [5.74, 6) is -0.532. The van der Waals surface area contributed by atoms with Gasteiger partial charge in [-0.2, -0.15) is 0 Å². The van der Waals surface area contributed by atoms with Crippen LogP contribution in [0.4, 0.5) is 4.79 Å². The van der Waals surface area contributed by atoms with Crippen molar-refractivity contribution in [3.63, 3.8) is 0 Å². The van der Waals surface area contributed by atoms with Gasteiger partial charge >= 0.3 is 6.09 Å². The number of benzene rings is 1. The molecule has 2 aliphatic heterocycles. The average Bonchev–Trinajstić information content (AvgIpc) is 3.05. The minimum atomic E-state index is -0.722. The van der Waals surface area contributed by atoms with Gasteiger partial charge in [0.1, 0.15) is 5.75 Å². The maximum absolute atomic E-state index is 13.1. The van der Waals surface area contributed by atoms with Gasteiger partial charge in [-0.25, -0.2) is 9.69 Å². The van der Waals surface area contributed by atoms with E-state index in [9.17, 15) is 14.4 Å². The lowest BCUT2D eigenvalue weighted by molar-refractivity contribution is -0.140. The second-order valence-corrected chi connectivity index (χ2v) is 6.43. The minimum absolute atomic E-state index is 0.0221. The van der Waals surface area contributed by atoms with Crippen molar-refractivity contribution in [1.82, 2.24) is 9.80 Å². The Morgan fingerprint density at radius 3 is 2.44 bits per heavy atom. The maximum atomic E-state index is 13.1. The molecule has 27 heavy (non-hydrogen) atoms. The third kappa shape index (κ3) is 3.90. The third-order valence-corrected chi connectivity index (χ3v) is 4.88. The number of carbonyl (C=O) groups excluding carboxylic acids is 3. The van der Waals surface area contributed by atoms with E-state index in [4.69, 9.17) is 14.2 Å². The molecule has 0 aromatic heterocycles. The molecule has 0 radical (unpaired) electrons. The highest BCUT2D eigenvalue weighted by Crippen LogP contribution is 2.40. The number of rotatable bonds is 4. The van der Waals surface area contributed by atoms with Crippen LogP contribution in [0.5, 0.6) is 5.75 Å². The Morgan fingerprint density at radius 1 is 1.19 bits per heavy atom. The summed E-state index contributed by atoms with van der Waals surface area (Å²) in [6.07, 6.45) is -0.744. The van der Waals surface area contributed by atoms with Gasteiger partial charge in [0.05, 0.1) is 38.9 Å². The molecule has 3 rings (SSSR count). The van der Waals surface area contributed by atoms with Gasteiger partial charge in [0.2, 0.25) is 11.8 Å². The van der Waals surface area contributed by atoms with Gasteiger partial charge in [0.15, 0.2) is 0 Å². The van der Waals surface area contributed by atoms with Gasteiger partial charge in [-0.3, -0.25) is 9.59 Å². The largest absolute Gasteiger partial charge is 0.497 e. The number of nitrogens with zero attached hydrogens (tertiary/aromatic N) is 2. The summed E-state index contributed by atoms with van der Waals surface area (Å²) < 4.78 is 15.5. The zero-order chi connectivity index (χ0) is 19.4. The lowest BCUT2D eigenvalue weighted by Gasteiger charge is -2.32. The predicted octanol–water partition coefficient (Wildman–Crippen LogP) is 1.60. The van der Waals surface area contributed by atoms with Crippen LogP contribution in [0, 0.1) is 5.92 Å². The number of hydrogen-bond donors (Lipinski definition) is 0. The Labute approximate surface area is 158 Å². The van der Waals surface area contributed by atoms with E-state index < -0.39 is 24.0 Å². The molecule has 1 aromatic carbocycles. The first-order valence-corrected chi connectivity index (χ1v) is 9.06. The van der Waals surface area contributed by atoms with Crippen LogP contribution in [-0.2, 0) is 19.1 Å². The lowest BCUT2D eigenvalue weighted by Crippen LogP contribution is -2.45. The second kappa shape index (κ2) is 8.39. The van der Waals surface area contributed by atoms with Crippen LogP contribution >= 0.6 is 0 Å². The number of hydrogen-bond acceptors (Lipinski definition) is 6. The van der Waals surface area contributed by atoms with Crippen molar-refractivity contribution in [1.29, 1.82) is 0 Å². The van der Waals surface area contributed by atoms with E-state index in [-0.39, 0.29) is 18.9 Å². The molecule has 3 amide bonds. The normalized spacial score (nSPS) is 22.7. The number of methoxy groups -OCH3 is 1.